The first-order chi connectivity index (χ1) is 5.65. The molecule has 0 aliphatic rings. The van der Waals surface area contributed by atoms with E-state index < -0.39 is 0 Å². The molecule has 1 aromatic rings. The summed E-state index contributed by atoms with van der Waals surface area (Å²) in [7, 11) is 1.03. The Kier molecular flexibility index (Phi) is 2.83. The number of nitrogens with one attached hydrogen (secondary N) is 1. The molecule has 1 heterocycles. The van der Waals surface area contributed by atoms with Crippen molar-refractivity contribution in [1.29, 1.82) is 0 Å². The highest BCUT2D eigenvalue weighted by Crippen LogP contribution is 2.19. The summed E-state index contributed by atoms with van der Waals surface area (Å²) in [5.41, 5.74) is 1.01. The summed E-state index contributed by atoms with van der Waals surface area (Å²) >= 11 is 0. The first-order valence-corrected chi connectivity index (χ1v) is 4.75. The van der Waals surface area contributed by atoms with Gasteiger partial charge in [-0.1, -0.05) is 20.3 Å². The third-order valence-corrected chi connectivity index (χ3v) is 2.89. The zero-order valence-electron chi connectivity index (χ0n) is 7.51. The molecular formula is C9H12NOP. The minimum Gasteiger partial charge on any atom is -0.325 e. The van der Waals surface area contributed by atoms with Crippen molar-refractivity contribution in [2.75, 3.05) is 0 Å². The first kappa shape index (κ1) is 9.21. The van der Waals surface area contributed by atoms with Gasteiger partial charge in [-0.05, 0) is 20.8 Å². The van der Waals surface area contributed by atoms with Gasteiger partial charge in [-0.15, -0.1) is 0 Å². The van der Waals surface area contributed by atoms with Gasteiger partial charge in [-0.2, -0.15) is 0 Å². The van der Waals surface area contributed by atoms with Gasteiger partial charge in [0.2, 0.25) is 0 Å². The molecule has 1 aromatic heterocycles. The van der Waals surface area contributed by atoms with Crippen LogP contribution in [0, 0.1) is 13.8 Å². The average molecular weight is 181 g/mol. The molecule has 0 bridgehead atoms. The van der Waals surface area contributed by atoms with Crippen molar-refractivity contribution in [2.45, 2.75) is 20.8 Å². The monoisotopic (exact) mass is 181 g/mol. The van der Waals surface area contributed by atoms with Gasteiger partial charge in [-0.3, -0.25) is 4.79 Å². The Morgan fingerprint density at radius 3 is 2.67 bits per heavy atom. The molecule has 0 fully saturated rings. The lowest BCUT2D eigenvalue weighted by Gasteiger charge is -1.99. The summed E-state index contributed by atoms with van der Waals surface area (Å²) < 4.78 is 0. The van der Waals surface area contributed by atoms with Crippen LogP contribution in [-0.4, -0.2) is 4.98 Å². The van der Waals surface area contributed by atoms with Crippen molar-refractivity contribution in [3.05, 3.63) is 32.7 Å². The Balaban J connectivity index is 3.32. The van der Waals surface area contributed by atoms with Gasteiger partial charge in [0.1, 0.15) is 0 Å². The molecule has 3 heteroatoms. The number of rotatable bonds is 1. The second-order valence-electron chi connectivity index (χ2n) is 2.66. The lowest BCUT2D eigenvalue weighted by atomic mass is 10.3. The fraction of sp³-hybridized carbons (Fsp3) is 0.333. The highest BCUT2D eigenvalue weighted by atomic mass is 31.0. The van der Waals surface area contributed by atoms with Crippen LogP contribution in [0.5, 0.6) is 0 Å². The average Bonchev–Trinajstić information content (AvgIpc) is 2.01. The van der Waals surface area contributed by atoms with Crippen LogP contribution >= 0.6 is 8.19 Å². The molecule has 2 nitrogen and oxygen atoms in total. The zero-order chi connectivity index (χ0) is 9.14. The van der Waals surface area contributed by atoms with Gasteiger partial charge in [-0.25, -0.2) is 0 Å². The summed E-state index contributed by atoms with van der Waals surface area (Å²) in [6.07, 6.45) is 4.01. The molecule has 0 amide bonds. The molecular weight excluding hydrogens is 169 g/mol. The summed E-state index contributed by atoms with van der Waals surface area (Å²) in [5.74, 6) is 0. The highest BCUT2D eigenvalue weighted by Gasteiger charge is 1.98. The Hall–Kier alpha value is -0.880. The molecule has 0 saturated heterocycles. The predicted molar refractivity (Wildman–Crippen MR) is 53.8 cm³/mol. The maximum absolute atomic E-state index is 11.1. The van der Waals surface area contributed by atoms with Gasteiger partial charge >= 0.3 is 0 Å². The van der Waals surface area contributed by atoms with Gasteiger partial charge in [0.25, 0.3) is 5.56 Å². The second-order valence-corrected chi connectivity index (χ2v) is 4.04. The molecule has 0 aliphatic heterocycles. The van der Waals surface area contributed by atoms with Crippen LogP contribution in [0.1, 0.15) is 23.2 Å². The van der Waals surface area contributed by atoms with E-state index in [0.29, 0.717) is 0 Å². The van der Waals surface area contributed by atoms with E-state index in [1.54, 1.807) is 0 Å². The van der Waals surface area contributed by atoms with E-state index in [2.05, 4.69) is 4.98 Å². The van der Waals surface area contributed by atoms with E-state index >= 15 is 0 Å². The van der Waals surface area contributed by atoms with E-state index in [4.69, 9.17) is 0 Å². The maximum atomic E-state index is 11.1. The second kappa shape index (κ2) is 3.68. The first-order valence-electron chi connectivity index (χ1n) is 3.85. The predicted octanol–water partition coefficient (Wildman–Crippen LogP) is 2.60. The van der Waals surface area contributed by atoms with Crippen molar-refractivity contribution in [3.63, 3.8) is 0 Å². The number of hydrogen-bond acceptors (Lipinski definition) is 1. The van der Waals surface area contributed by atoms with Gasteiger partial charge in [0.15, 0.2) is 0 Å². The molecule has 1 N–H and O–H groups in total. The third kappa shape index (κ3) is 1.83. The number of allylic oxidation sites excluding steroid dienone is 1. The quantitative estimate of drug-likeness (QED) is 0.709. The fourth-order valence-corrected chi connectivity index (χ4v) is 1.93. The van der Waals surface area contributed by atoms with Crippen LogP contribution < -0.4 is 5.56 Å². The lowest BCUT2D eigenvalue weighted by Crippen LogP contribution is -2.08. The number of hydrogen-bond donors (Lipinski definition) is 1. The Labute approximate surface area is 73.4 Å². The number of H-pyrrole nitrogens is 1. The Morgan fingerprint density at radius 1 is 1.42 bits per heavy atom. The topological polar surface area (TPSA) is 32.9 Å². The normalized spacial score (nSPS) is 11.6. The maximum Gasteiger partial charge on any atom is 0.255 e. The Bertz CT molecular complexity index is 365. The molecule has 12 heavy (non-hydrogen) atoms. The zero-order valence-corrected chi connectivity index (χ0v) is 8.40. The van der Waals surface area contributed by atoms with Crippen LogP contribution in [0.4, 0.5) is 0 Å². The molecule has 0 atom stereocenters. The third-order valence-electron chi connectivity index (χ3n) is 1.63. The van der Waals surface area contributed by atoms with Gasteiger partial charge < -0.3 is 4.98 Å². The van der Waals surface area contributed by atoms with Crippen LogP contribution in [0.15, 0.2) is 10.9 Å². The van der Waals surface area contributed by atoms with Crippen LogP contribution in [0.3, 0.4) is 0 Å². The van der Waals surface area contributed by atoms with Crippen LogP contribution in [0.25, 0.3) is 6.08 Å². The summed E-state index contributed by atoms with van der Waals surface area (Å²) in [4.78, 5) is 14.0. The minimum atomic E-state index is 0.0439. The molecule has 0 aliphatic carbocycles. The van der Waals surface area contributed by atoms with Crippen molar-refractivity contribution in [3.8, 4) is 0 Å². The molecule has 1 rings (SSSR count). The molecule has 0 radical (unpaired) electrons. The van der Waals surface area contributed by atoms with E-state index in [1.807, 2.05) is 32.9 Å². The largest absolute Gasteiger partial charge is 0.325 e. The van der Waals surface area contributed by atoms with E-state index in [-0.39, 0.29) is 5.56 Å². The smallest absolute Gasteiger partial charge is 0.255 e. The highest BCUT2D eigenvalue weighted by molar-refractivity contribution is 7.32. The van der Waals surface area contributed by atoms with E-state index in [9.17, 15) is 4.79 Å². The van der Waals surface area contributed by atoms with Crippen molar-refractivity contribution in [2.24, 2.45) is 0 Å². The lowest BCUT2D eigenvalue weighted by molar-refractivity contribution is 1.14. The van der Waals surface area contributed by atoms with Gasteiger partial charge in [0.05, 0.1) is 0 Å². The van der Waals surface area contributed by atoms with Crippen molar-refractivity contribution >= 4 is 14.3 Å². The van der Waals surface area contributed by atoms with E-state index in [0.717, 1.165) is 19.2 Å². The van der Waals surface area contributed by atoms with Crippen LogP contribution in [-0.2, 0) is 0 Å². The van der Waals surface area contributed by atoms with Crippen molar-refractivity contribution < 1.29 is 0 Å². The standard InChI is InChI=1S/C9H12NOP/c1-4-5-8-6(2)10-9(11)7(3)12-8/h4-5H,1-3H3,(H,10,11)/b5-4-. The van der Waals surface area contributed by atoms with Crippen molar-refractivity contribution in [1.82, 2.24) is 4.98 Å². The Morgan fingerprint density at radius 2 is 2.08 bits per heavy atom. The van der Waals surface area contributed by atoms with Crippen LogP contribution in [0.2, 0.25) is 0 Å². The number of aryl methyl sites for hydroxylation is 2. The number of aromatic amines is 1. The summed E-state index contributed by atoms with van der Waals surface area (Å²) in [6.45, 7) is 5.75. The van der Waals surface area contributed by atoms with E-state index in [1.165, 1.54) is 5.30 Å². The molecule has 0 unspecified atom stereocenters. The SMILES string of the molecule is C/C=C\c1pc(C)c(=O)[nH]c1C. The minimum absolute atomic E-state index is 0.0439. The van der Waals surface area contributed by atoms with Gasteiger partial charge in [0, 0.05) is 16.3 Å². The summed E-state index contributed by atoms with van der Waals surface area (Å²) in [5, 5.41) is 2.03. The number of aromatic nitrogens is 1. The fourth-order valence-electron chi connectivity index (χ4n) is 0.960. The molecule has 0 saturated carbocycles. The summed E-state index contributed by atoms with van der Waals surface area (Å²) in [6, 6.07) is 0. The molecule has 0 aromatic carbocycles. The molecule has 0 spiro atoms. The molecule has 64 valence electrons.